The molecule has 1 aromatic rings. The molecule has 0 amide bonds. The van der Waals surface area contributed by atoms with E-state index in [1.54, 1.807) is 7.11 Å². The third-order valence-electron chi connectivity index (χ3n) is 4.38. The van der Waals surface area contributed by atoms with Crippen molar-refractivity contribution in [3.05, 3.63) is 23.3 Å². The topological polar surface area (TPSA) is 50.7 Å². The second kappa shape index (κ2) is 6.67. The molecule has 0 spiro atoms. The summed E-state index contributed by atoms with van der Waals surface area (Å²) < 4.78 is 11.3. The van der Waals surface area contributed by atoms with Crippen molar-refractivity contribution in [1.82, 2.24) is 5.32 Å². The highest BCUT2D eigenvalue weighted by Gasteiger charge is 2.23. The van der Waals surface area contributed by atoms with Gasteiger partial charge in [0.1, 0.15) is 17.6 Å². The van der Waals surface area contributed by atoms with E-state index < -0.39 is 5.60 Å². The molecule has 2 N–H and O–H groups in total. The largest absolute Gasteiger partial charge is 0.496 e. The molecule has 1 atom stereocenters. The zero-order valence-corrected chi connectivity index (χ0v) is 13.5. The predicted octanol–water partition coefficient (Wildman–Crippen LogP) is 2.66. The number of fused-ring (bicyclic) bond motifs is 1. The first-order valence-corrected chi connectivity index (χ1v) is 7.81. The molecule has 1 aromatic carbocycles. The molecule has 4 nitrogen and oxygen atoms in total. The maximum absolute atomic E-state index is 10.3. The fraction of sp³-hybridized carbons (Fsp3) is 0.647. The molecule has 1 unspecified atom stereocenters. The number of aliphatic hydroxyl groups is 1. The van der Waals surface area contributed by atoms with Crippen molar-refractivity contribution in [3.8, 4) is 11.5 Å². The van der Waals surface area contributed by atoms with E-state index in [-0.39, 0.29) is 6.10 Å². The molecular formula is C17H27NO3. The van der Waals surface area contributed by atoms with Gasteiger partial charge in [-0.1, -0.05) is 13.8 Å². The van der Waals surface area contributed by atoms with Crippen molar-refractivity contribution < 1.29 is 14.6 Å². The summed E-state index contributed by atoms with van der Waals surface area (Å²) in [6.45, 7) is 7.34. The third kappa shape index (κ3) is 3.69. The zero-order valence-electron chi connectivity index (χ0n) is 13.5. The molecule has 0 radical (unpaired) electrons. The van der Waals surface area contributed by atoms with E-state index in [4.69, 9.17) is 9.47 Å². The van der Waals surface area contributed by atoms with Crippen molar-refractivity contribution in [1.29, 1.82) is 0 Å². The van der Waals surface area contributed by atoms with Crippen molar-refractivity contribution in [2.75, 3.05) is 13.7 Å². The molecule has 21 heavy (non-hydrogen) atoms. The van der Waals surface area contributed by atoms with Gasteiger partial charge >= 0.3 is 0 Å². The Morgan fingerprint density at radius 3 is 2.71 bits per heavy atom. The van der Waals surface area contributed by atoms with Gasteiger partial charge in [-0.25, -0.2) is 0 Å². The molecule has 2 rings (SSSR count). The van der Waals surface area contributed by atoms with Crippen molar-refractivity contribution in [2.24, 2.45) is 0 Å². The number of benzene rings is 1. The van der Waals surface area contributed by atoms with Crippen LogP contribution in [0.2, 0.25) is 0 Å². The summed E-state index contributed by atoms with van der Waals surface area (Å²) >= 11 is 0. The van der Waals surface area contributed by atoms with E-state index >= 15 is 0 Å². The smallest absolute Gasteiger partial charge is 0.123 e. The molecule has 0 bridgehead atoms. The van der Waals surface area contributed by atoms with E-state index in [1.165, 1.54) is 5.56 Å². The average Bonchev–Trinajstić information content (AvgIpc) is 2.85. The van der Waals surface area contributed by atoms with Crippen LogP contribution in [0.1, 0.15) is 44.7 Å². The SMILES string of the molecule is CCC(O)(CC)CNCc1cc2c(cc1OC)CC(C)O2. The van der Waals surface area contributed by atoms with Crippen LogP contribution in [0.5, 0.6) is 11.5 Å². The molecule has 1 aliphatic heterocycles. The molecule has 0 saturated carbocycles. The van der Waals surface area contributed by atoms with Gasteiger partial charge in [-0.05, 0) is 31.9 Å². The first kappa shape index (κ1) is 16.1. The minimum absolute atomic E-state index is 0.234. The summed E-state index contributed by atoms with van der Waals surface area (Å²) in [5.74, 6) is 1.84. The monoisotopic (exact) mass is 293 g/mol. The molecule has 118 valence electrons. The highest BCUT2D eigenvalue weighted by molar-refractivity contribution is 5.48. The van der Waals surface area contributed by atoms with Crippen LogP contribution in [-0.4, -0.2) is 30.5 Å². The Labute approximate surface area is 127 Å². The quantitative estimate of drug-likeness (QED) is 0.811. The van der Waals surface area contributed by atoms with Crippen LogP contribution in [0, 0.1) is 0 Å². The lowest BCUT2D eigenvalue weighted by atomic mass is 9.97. The summed E-state index contributed by atoms with van der Waals surface area (Å²) in [6.07, 6.45) is 2.67. The summed E-state index contributed by atoms with van der Waals surface area (Å²) in [5, 5.41) is 13.6. The number of hydrogen-bond donors (Lipinski definition) is 2. The van der Waals surface area contributed by atoms with Crippen LogP contribution in [-0.2, 0) is 13.0 Å². The number of rotatable bonds is 7. The van der Waals surface area contributed by atoms with Crippen LogP contribution < -0.4 is 14.8 Å². The highest BCUT2D eigenvalue weighted by atomic mass is 16.5. The highest BCUT2D eigenvalue weighted by Crippen LogP contribution is 2.34. The first-order chi connectivity index (χ1) is 10.0. The zero-order chi connectivity index (χ0) is 15.5. The van der Waals surface area contributed by atoms with Crippen LogP contribution in [0.15, 0.2) is 12.1 Å². The van der Waals surface area contributed by atoms with E-state index in [0.717, 1.165) is 36.3 Å². The maximum Gasteiger partial charge on any atom is 0.123 e. The first-order valence-electron chi connectivity index (χ1n) is 7.81. The van der Waals surface area contributed by atoms with Crippen molar-refractivity contribution in [3.63, 3.8) is 0 Å². The van der Waals surface area contributed by atoms with Gasteiger partial charge < -0.3 is 19.9 Å². The lowest BCUT2D eigenvalue weighted by Crippen LogP contribution is -2.39. The van der Waals surface area contributed by atoms with Gasteiger partial charge in [0.15, 0.2) is 0 Å². The van der Waals surface area contributed by atoms with Gasteiger partial charge in [0.2, 0.25) is 0 Å². The van der Waals surface area contributed by atoms with Gasteiger partial charge in [-0.2, -0.15) is 0 Å². The third-order valence-corrected chi connectivity index (χ3v) is 4.38. The summed E-state index contributed by atoms with van der Waals surface area (Å²) in [5.41, 5.74) is 1.65. The van der Waals surface area contributed by atoms with Crippen LogP contribution in [0.25, 0.3) is 0 Å². The van der Waals surface area contributed by atoms with E-state index in [1.807, 2.05) is 13.8 Å². The number of ether oxygens (including phenoxy) is 2. The molecule has 4 heteroatoms. The average molecular weight is 293 g/mol. The molecule has 1 heterocycles. The molecule has 0 fully saturated rings. The summed E-state index contributed by atoms with van der Waals surface area (Å²) in [6, 6.07) is 4.13. The standard InChI is InChI=1S/C17H27NO3/c1-5-17(19,6-2)11-18-10-14-9-16-13(7-12(3)21-16)8-15(14)20-4/h8-9,12,18-19H,5-7,10-11H2,1-4H3. The Balaban J connectivity index is 2.05. The maximum atomic E-state index is 10.3. The number of nitrogens with one attached hydrogen (secondary N) is 1. The number of methoxy groups -OCH3 is 1. The Kier molecular flexibility index (Phi) is 5.12. The van der Waals surface area contributed by atoms with E-state index in [9.17, 15) is 5.11 Å². The minimum atomic E-state index is -0.630. The Hall–Kier alpha value is -1.26. The molecule has 0 saturated heterocycles. The van der Waals surface area contributed by atoms with Crippen molar-refractivity contribution in [2.45, 2.75) is 58.3 Å². The molecule has 0 aliphatic carbocycles. The normalized spacial score (nSPS) is 17.5. The van der Waals surface area contributed by atoms with Gasteiger partial charge in [0, 0.05) is 30.6 Å². The van der Waals surface area contributed by atoms with Crippen LogP contribution in [0.4, 0.5) is 0 Å². The van der Waals surface area contributed by atoms with Gasteiger partial charge in [0.05, 0.1) is 12.7 Å². The second-order valence-electron chi connectivity index (χ2n) is 5.94. The number of hydrogen-bond acceptors (Lipinski definition) is 4. The van der Waals surface area contributed by atoms with E-state index in [0.29, 0.717) is 13.1 Å². The lowest BCUT2D eigenvalue weighted by molar-refractivity contribution is 0.0322. The summed E-state index contributed by atoms with van der Waals surface area (Å²) in [4.78, 5) is 0. The second-order valence-corrected chi connectivity index (χ2v) is 5.94. The summed E-state index contributed by atoms with van der Waals surface area (Å²) in [7, 11) is 1.69. The Morgan fingerprint density at radius 2 is 2.10 bits per heavy atom. The molecule has 1 aliphatic rings. The van der Waals surface area contributed by atoms with Crippen LogP contribution in [0.3, 0.4) is 0 Å². The molecular weight excluding hydrogens is 266 g/mol. The fourth-order valence-electron chi connectivity index (χ4n) is 2.74. The molecule has 0 aromatic heterocycles. The Morgan fingerprint density at radius 1 is 1.38 bits per heavy atom. The predicted molar refractivity (Wildman–Crippen MR) is 84.0 cm³/mol. The van der Waals surface area contributed by atoms with Gasteiger partial charge in [-0.3, -0.25) is 0 Å². The minimum Gasteiger partial charge on any atom is -0.496 e. The lowest BCUT2D eigenvalue weighted by Gasteiger charge is -2.25. The Bertz CT molecular complexity index is 483. The van der Waals surface area contributed by atoms with E-state index in [2.05, 4.69) is 24.4 Å². The van der Waals surface area contributed by atoms with Gasteiger partial charge in [0.25, 0.3) is 0 Å². The van der Waals surface area contributed by atoms with Crippen molar-refractivity contribution >= 4 is 0 Å². The van der Waals surface area contributed by atoms with Gasteiger partial charge in [-0.15, -0.1) is 0 Å². The van der Waals surface area contributed by atoms with Crippen LogP contribution >= 0.6 is 0 Å². The fourth-order valence-corrected chi connectivity index (χ4v) is 2.74.